The Labute approximate surface area is 122 Å². The van der Waals surface area contributed by atoms with E-state index in [1.54, 1.807) is 0 Å². The van der Waals surface area contributed by atoms with Gasteiger partial charge in [0.25, 0.3) is 5.91 Å². The zero-order valence-electron chi connectivity index (χ0n) is 10.7. The summed E-state index contributed by atoms with van der Waals surface area (Å²) in [6.45, 7) is 1.77. The minimum absolute atomic E-state index is 0.0790. The quantitative estimate of drug-likeness (QED) is 0.849. The van der Waals surface area contributed by atoms with Crippen LogP contribution in [-0.2, 0) is 0 Å². The highest BCUT2D eigenvalue weighted by atomic mass is 32.2. The number of aliphatic hydroxyl groups excluding tert-OH is 1. The number of hydrogen-bond donors (Lipinski definition) is 1. The molecule has 5 heteroatoms. The van der Waals surface area contributed by atoms with Crippen molar-refractivity contribution < 1.29 is 9.90 Å². The van der Waals surface area contributed by atoms with Crippen LogP contribution < -0.4 is 0 Å². The van der Waals surface area contributed by atoms with E-state index in [2.05, 4.69) is 11.8 Å². The van der Waals surface area contributed by atoms with Crippen molar-refractivity contribution in [2.45, 2.75) is 12.8 Å². The maximum absolute atomic E-state index is 12.3. The molecule has 0 saturated carbocycles. The molecule has 1 aliphatic rings. The average Bonchev–Trinajstić information content (AvgIpc) is 2.72. The molecule has 0 aromatic carbocycles. The van der Waals surface area contributed by atoms with E-state index in [1.165, 1.54) is 11.3 Å². The highest BCUT2D eigenvalue weighted by Crippen LogP contribution is 2.18. The number of thioether (sulfide) groups is 1. The standard InChI is InChI=1S/C14H17NO2S2/c16-7-2-1-4-13-10-12(11-19-13)14(17)15-5-3-8-18-9-6-15/h10-11,16H,2-3,5-9H2. The number of carbonyl (C=O) groups is 1. The second-order valence-electron chi connectivity index (χ2n) is 4.23. The van der Waals surface area contributed by atoms with E-state index in [0.29, 0.717) is 6.42 Å². The van der Waals surface area contributed by atoms with Gasteiger partial charge in [-0.2, -0.15) is 11.8 Å². The SMILES string of the molecule is O=C(c1csc(C#CCCO)c1)N1CCCSCC1. The summed E-state index contributed by atoms with van der Waals surface area (Å²) in [6, 6.07) is 1.86. The van der Waals surface area contributed by atoms with Crippen molar-refractivity contribution >= 4 is 29.0 Å². The number of rotatable bonds is 2. The van der Waals surface area contributed by atoms with Gasteiger partial charge in [0.05, 0.1) is 17.0 Å². The van der Waals surface area contributed by atoms with Gasteiger partial charge in [-0.05, 0) is 18.2 Å². The van der Waals surface area contributed by atoms with E-state index in [0.717, 1.165) is 41.5 Å². The first kappa shape index (κ1) is 14.4. The monoisotopic (exact) mass is 295 g/mol. The largest absolute Gasteiger partial charge is 0.395 e. The van der Waals surface area contributed by atoms with Crippen LogP contribution in [0, 0.1) is 11.8 Å². The lowest BCUT2D eigenvalue weighted by Crippen LogP contribution is -2.32. The fraction of sp³-hybridized carbons (Fsp3) is 0.500. The Morgan fingerprint density at radius 1 is 1.42 bits per heavy atom. The van der Waals surface area contributed by atoms with E-state index < -0.39 is 0 Å². The molecule has 1 N–H and O–H groups in total. The summed E-state index contributed by atoms with van der Waals surface area (Å²) in [5.74, 6) is 8.14. The number of nitrogens with zero attached hydrogens (tertiary/aromatic N) is 1. The molecule has 19 heavy (non-hydrogen) atoms. The van der Waals surface area contributed by atoms with Crippen LogP contribution in [0.25, 0.3) is 0 Å². The van der Waals surface area contributed by atoms with Crippen molar-refractivity contribution in [1.82, 2.24) is 4.90 Å². The second-order valence-corrected chi connectivity index (χ2v) is 6.37. The molecule has 1 amide bonds. The van der Waals surface area contributed by atoms with E-state index in [4.69, 9.17) is 5.11 Å². The van der Waals surface area contributed by atoms with E-state index in [-0.39, 0.29) is 12.5 Å². The maximum atomic E-state index is 12.3. The summed E-state index contributed by atoms with van der Waals surface area (Å²) in [7, 11) is 0. The molecular formula is C14H17NO2S2. The highest BCUT2D eigenvalue weighted by molar-refractivity contribution is 7.99. The Kier molecular flexibility index (Phi) is 5.77. The van der Waals surface area contributed by atoms with E-state index in [9.17, 15) is 4.79 Å². The van der Waals surface area contributed by atoms with Gasteiger partial charge in [-0.1, -0.05) is 11.8 Å². The fourth-order valence-electron chi connectivity index (χ4n) is 1.85. The normalized spacial score (nSPS) is 15.5. The summed E-state index contributed by atoms with van der Waals surface area (Å²) in [5, 5.41) is 10.6. The molecule has 0 radical (unpaired) electrons. The van der Waals surface area contributed by atoms with Crippen LogP contribution in [0.4, 0.5) is 0 Å². The van der Waals surface area contributed by atoms with Crippen LogP contribution in [0.1, 0.15) is 28.1 Å². The number of aliphatic hydroxyl groups is 1. The van der Waals surface area contributed by atoms with Gasteiger partial charge in [0.15, 0.2) is 0 Å². The van der Waals surface area contributed by atoms with Gasteiger partial charge in [-0.25, -0.2) is 0 Å². The first-order valence-electron chi connectivity index (χ1n) is 6.36. The van der Waals surface area contributed by atoms with Crippen molar-refractivity contribution in [3.05, 3.63) is 21.9 Å². The second kappa shape index (κ2) is 7.59. The zero-order valence-corrected chi connectivity index (χ0v) is 12.4. The van der Waals surface area contributed by atoms with Crippen LogP contribution >= 0.6 is 23.1 Å². The third kappa shape index (κ3) is 4.27. The summed E-state index contributed by atoms with van der Waals surface area (Å²) in [4.78, 5) is 15.2. The minimum Gasteiger partial charge on any atom is -0.395 e. The van der Waals surface area contributed by atoms with E-state index >= 15 is 0 Å². The minimum atomic E-state index is 0.0790. The first-order valence-corrected chi connectivity index (χ1v) is 8.40. The summed E-state index contributed by atoms with van der Waals surface area (Å²) in [6.07, 6.45) is 1.55. The fourth-order valence-corrected chi connectivity index (χ4v) is 3.49. The number of carbonyl (C=O) groups excluding carboxylic acids is 1. The predicted molar refractivity (Wildman–Crippen MR) is 80.7 cm³/mol. The van der Waals surface area contributed by atoms with Gasteiger partial charge in [0, 0.05) is 30.6 Å². The van der Waals surface area contributed by atoms with Crippen molar-refractivity contribution in [3.8, 4) is 11.8 Å². The molecular weight excluding hydrogens is 278 g/mol. The van der Waals surface area contributed by atoms with Crippen LogP contribution in [0.5, 0.6) is 0 Å². The average molecular weight is 295 g/mol. The van der Waals surface area contributed by atoms with Crippen molar-refractivity contribution in [2.24, 2.45) is 0 Å². The molecule has 102 valence electrons. The van der Waals surface area contributed by atoms with Gasteiger partial charge in [0.2, 0.25) is 0 Å². The number of hydrogen-bond acceptors (Lipinski definition) is 4. The first-order chi connectivity index (χ1) is 9.31. The molecule has 0 atom stereocenters. The molecule has 2 heterocycles. The molecule has 1 saturated heterocycles. The molecule has 1 aromatic heterocycles. The molecule has 1 aliphatic heterocycles. The molecule has 2 rings (SSSR count). The number of thiophene rings is 1. The Morgan fingerprint density at radius 2 is 2.32 bits per heavy atom. The lowest BCUT2D eigenvalue weighted by molar-refractivity contribution is 0.0769. The van der Waals surface area contributed by atoms with Crippen LogP contribution in [0.3, 0.4) is 0 Å². The topological polar surface area (TPSA) is 40.5 Å². The van der Waals surface area contributed by atoms with Crippen LogP contribution in [0.15, 0.2) is 11.4 Å². The van der Waals surface area contributed by atoms with Gasteiger partial charge in [-0.15, -0.1) is 11.3 Å². The van der Waals surface area contributed by atoms with Gasteiger partial charge in [-0.3, -0.25) is 4.79 Å². The smallest absolute Gasteiger partial charge is 0.254 e. The third-order valence-electron chi connectivity index (χ3n) is 2.80. The van der Waals surface area contributed by atoms with Crippen LogP contribution in [0.2, 0.25) is 0 Å². The van der Waals surface area contributed by atoms with Crippen LogP contribution in [-0.4, -0.2) is 47.1 Å². The van der Waals surface area contributed by atoms with E-state index in [1.807, 2.05) is 28.1 Å². The Balaban J connectivity index is 2.01. The lowest BCUT2D eigenvalue weighted by atomic mass is 10.2. The maximum Gasteiger partial charge on any atom is 0.254 e. The van der Waals surface area contributed by atoms with Gasteiger partial charge >= 0.3 is 0 Å². The molecule has 1 aromatic rings. The summed E-state index contributed by atoms with van der Waals surface area (Å²) >= 11 is 3.40. The molecule has 0 unspecified atom stereocenters. The van der Waals surface area contributed by atoms with Crippen molar-refractivity contribution in [2.75, 3.05) is 31.2 Å². The molecule has 0 aliphatic carbocycles. The molecule has 1 fully saturated rings. The highest BCUT2D eigenvalue weighted by Gasteiger charge is 2.18. The van der Waals surface area contributed by atoms with Gasteiger partial charge < -0.3 is 10.0 Å². The van der Waals surface area contributed by atoms with Gasteiger partial charge in [0.1, 0.15) is 0 Å². The predicted octanol–water partition coefficient (Wildman–Crippen LogP) is 2.06. The Hall–Kier alpha value is -0.960. The molecule has 0 spiro atoms. The summed E-state index contributed by atoms with van der Waals surface area (Å²) in [5.41, 5.74) is 0.741. The van der Waals surface area contributed by atoms with Crippen molar-refractivity contribution in [3.63, 3.8) is 0 Å². The van der Waals surface area contributed by atoms with Crippen molar-refractivity contribution in [1.29, 1.82) is 0 Å². The Bertz CT molecular complexity index is 479. The Morgan fingerprint density at radius 3 is 3.16 bits per heavy atom. The lowest BCUT2D eigenvalue weighted by Gasteiger charge is -2.18. The molecule has 3 nitrogen and oxygen atoms in total. The summed E-state index contributed by atoms with van der Waals surface area (Å²) < 4.78 is 0. The zero-order chi connectivity index (χ0) is 13.5. The third-order valence-corrected chi connectivity index (χ3v) is 4.70. The number of amides is 1. The molecule has 0 bridgehead atoms.